The summed E-state index contributed by atoms with van der Waals surface area (Å²) in [7, 11) is 2.11. The minimum absolute atomic E-state index is 0.0379. The van der Waals surface area contributed by atoms with E-state index >= 15 is 0 Å². The Kier molecular flexibility index (Phi) is 4.22. The molecule has 5 nitrogen and oxygen atoms in total. The standard InChI is InChI=1S/C18H24N2O3/c1-18(2,22)10-8-15-6-7-16(23-15)17(21)20-13-4-5-14(20)12-19(3)11-9-13/h6-7,13-14,22H,4-5,9,11-12H2,1-3H3. The van der Waals surface area contributed by atoms with Crippen molar-refractivity contribution in [2.24, 2.45) is 0 Å². The van der Waals surface area contributed by atoms with Gasteiger partial charge in [-0.3, -0.25) is 4.79 Å². The zero-order chi connectivity index (χ0) is 16.6. The summed E-state index contributed by atoms with van der Waals surface area (Å²) in [5, 5.41) is 9.64. The molecule has 1 aromatic heterocycles. The van der Waals surface area contributed by atoms with Gasteiger partial charge in [-0.05, 0) is 64.8 Å². The predicted molar refractivity (Wildman–Crippen MR) is 87.0 cm³/mol. The van der Waals surface area contributed by atoms with E-state index in [1.165, 1.54) is 0 Å². The number of amides is 1. The Bertz CT molecular complexity index is 647. The molecule has 2 atom stereocenters. The van der Waals surface area contributed by atoms with Crippen molar-refractivity contribution >= 4 is 5.91 Å². The van der Waals surface area contributed by atoms with Gasteiger partial charge in [-0.1, -0.05) is 5.92 Å². The maximum absolute atomic E-state index is 12.9. The second-order valence-electron chi connectivity index (χ2n) is 7.12. The van der Waals surface area contributed by atoms with Crippen molar-refractivity contribution in [3.63, 3.8) is 0 Å². The Morgan fingerprint density at radius 1 is 1.30 bits per heavy atom. The molecule has 0 aromatic carbocycles. The van der Waals surface area contributed by atoms with Gasteiger partial charge < -0.3 is 19.3 Å². The van der Waals surface area contributed by atoms with Gasteiger partial charge >= 0.3 is 0 Å². The fraction of sp³-hybridized carbons (Fsp3) is 0.611. The lowest BCUT2D eigenvalue weighted by Crippen LogP contribution is -2.42. The third-order valence-corrected chi connectivity index (χ3v) is 4.53. The topological polar surface area (TPSA) is 56.9 Å². The van der Waals surface area contributed by atoms with Gasteiger partial charge in [0.2, 0.25) is 0 Å². The molecule has 23 heavy (non-hydrogen) atoms. The number of likely N-dealkylation sites (tertiary alicyclic amines) is 1. The summed E-state index contributed by atoms with van der Waals surface area (Å²) < 4.78 is 5.60. The molecule has 2 bridgehead atoms. The first-order valence-electron chi connectivity index (χ1n) is 8.20. The summed E-state index contributed by atoms with van der Waals surface area (Å²) in [6.07, 6.45) is 3.16. The molecule has 3 rings (SSSR count). The van der Waals surface area contributed by atoms with Crippen LogP contribution in [-0.4, -0.2) is 58.6 Å². The molecular formula is C18H24N2O3. The first kappa shape index (κ1) is 16.1. The number of likely N-dealkylation sites (N-methyl/N-ethyl adjacent to an activating group) is 1. The second kappa shape index (κ2) is 6.03. The van der Waals surface area contributed by atoms with E-state index in [1.54, 1.807) is 26.0 Å². The lowest BCUT2D eigenvalue weighted by Gasteiger charge is -2.27. The molecule has 0 aliphatic carbocycles. The zero-order valence-electron chi connectivity index (χ0n) is 14.0. The van der Waals surface area contributed by atoms with Crippen LogP contribution in [0.25, 0.3) is 0 Å². The monoisotopic (exact) mass is 316 g/mol. The van der Waals surface area contributed by atoms with Crippen molar-refractivity contribution in [2.45, 2.75) is 50.8 Å². The summed E-state index contributed by atoms with van der Waals surface area (Å²) in [4.78, 5) is 17.2. The van der Waals surface area contributed by atoms with Crippen molar-refractivity contribution < 1.29 is 14.3 Å². The van der Waals surface area contributed by atoms with Gasteiger partial charge in [0, 0.05) is 18.6 Å². The van der Waals surface area contributed by atoms with E-state index in [-0.39, 0.29) is 11.9 Å². The molecule has 2 unspecified atom stereocenters. The van der Waals surface area contributed by atoms with Gasteiger partial charge in [0.25, 0.3) is 5.91 Å². The van der Waals surface area contributed by atoms with Crippen LogP contribution in [-0.2, 0) is 0 Å². The number of hydrogen-bond donors (Lipinski definition) is 1. The lowest BCUT2D eigenvalue weighted by molar-refractivity contribution is 0.0640. The van der Waals surface area contributed by atoms with Crippen molar-refractivity contribution in [3.8, 4) is 11.8 Å². The van der Waals surface area contributed by atoms with Gasteiger partial charge in [0.1, 0.15) is 5.60 Å². The molecule has 2 aliphatic heterocycles. The Morgan fingerprint density at radius 2 is 2.04 bits per heavy atom. The van der Waals surface area contributed by atoms with Crippen LogP contribution in [0.3, 0.4) is 0 Å². The Labute approximate surface area is 137 Å². The van der Waals surface area contributed by atoms with Gasteiger partial charge in [-0.15, -0.1) is 0 Å². The molecule has 1 N–H and O–H groups in total. The Morgan fingerprint density at radius 3 is 2.78 bits per heavy atom. The van der Waals surface area contributed by atoms with E-state index < -0.39 is 5.60 Å². The summed E-state index contributed by atoms with van der Waals surface area (Å²) in [5.74, 6) is 6.18. The second-order valence-corrected chi connectivity index (χ2v) is 7.12. The number of aliphatic hydroxyl groups is 1. The van der Waals surface area contributed by atoms with Crippen LogP contribution >= 0.6 is 0 Å². The van der Waals surface area contributed by atoms with E-state index in [0.717, 1.165) is 32.4 Å². The minimum Gasteiger partial charge on any atom is -0.443 e. The van der Waals surface area contributed by atoms with E-state index in [4.69, 9.17) is 4.42 Å². The number of carbonyl (C=O) groups excluding carboxylic acids is 1. The average molecular weight is 316 g/mol. The van der Waals surface area contributed by atoms with E-state index in [2.05, 4.69) is 23.8 Å². The van der Waals surface area contributed by atoms with Crippen molar-refractivity contribution in [1.29, 1.82) is 0 Å². The molecule has 5 heteroatoms. The van der Waals surface area contributed by atoms with Crippen LogP contribution < -0.4 is 0 Å². The Hall–Kier alpha value is -1.77. The summed E-state index contributed by atoms with van der Waals surface area (Å²) >= 11 is 0. The van der Waals surface area contributed by atoms with Crippen molar-refractivity contribution in [1.82, 2.24) is 9.80 Å². The van der Waals surface area contributed by atoms with Crippen LogP contribution in [0.4, 0.5) is 0 Å². The first-order valence-corrected chi connectivity index (χ1v) is 8.20. The highest BCUT2D eigenvalue weighted by atomic mass is 16.4. The van der Waals surface area contributed by atoms with Crippen molar-refractivity contribution in [3.05, 3.63) is 23.7 Å². The smallest absolute Gasteiger partial charge is 0.290 e. The molecular weight excluding hydrogens is 292 g/mol. The minimum atomic E-state index is -1.08. The molecule has 0 radical (unpaired) electrons. The summed E-state index contributed by atoms with van der Waals surface area (Å²) in [6, 6.07) is 3.97. The fourth-order valence-electron chi connectivity index (χ4n) is 3.44. The quantitative estimate of drug-likeness (QED) is 0.802. The average Bonchev–Trinajstić information content (AvgIpc) is 3.03. The van der Waals surface area contributed by atoms with Crippen LogP contribution in [0.5, 0.6) is 0 Å². The Balaban J connectivity index is 1.78. The number of hydrogen-bond acceptors (Lipinski definition) is 4. The van der Waals surface area contributed by atoms with E-state index in [1.807, 2.05) is 4.90 Å². The third-order valence-electron chi connectivity index (χ3n) is 4.53. The number of furan rings is 1. The molecule has 2 aliphatic rings. The molecule has 0 saturated carbocycles. The maximum Gasteiger partial charge on any atom is 0.290 e. The van der Waals surface area contributed by atoms with Crippen LogP contribution in [0.1, 0.15) is 49.4 Å². The zero-order valence-corrected chi connectivity index (χ0v) is 14.0. The van der Waals surface area contributed by atoms with Gasteiger partial charge in [0.05, 0.1) is 0 Å². The molecule has 1 amide bonds. The van der Waals surface area contributed by atoms with Gasteiger partial charge in [-0.25, -0.2) is 0 Å². The summed E-state index contributed by atoms with van der Waals surface area (Å²) in [6.45, 7) is 5.18. The highest BCUT2D eigenvalue weighted by Crippen LogP contribution is 2.31. The van der Waals surface area contributed by atoms with Gasteiger partial charge in [-0.2, -0.15) is 0 Å². The first-order chi connectivity index (χ1) is 10.8. The van der Waals surface area contributed by atoms with E-state index in [9.17, 15) is 9.90 Å². The number of carbonyl (C=O) groups is 1. The lowest BCUT2D eigenvalue weighted by atomic mass is 10.1. The number of fused-ring (bicyclic) bond motifs is 2. The van der Waals surface area contributed by atoms with Crippen LogP contribution in [0, 0.1) is 11.8 Å². The highest BCUT2D eigenvalue weighted by Gasteiger charge is 2.40. The highest BCUT2D eigenvalue weighted by molar-refractivity contribution is 5.92. The van der Waals surface area contributed by atoms with Crippen LogP contribution in [0.2, 0.25) is 0 Å². The molecule has 124 valence electrons. The fourth-order valence-corrected chi connectivity index (χ4v) is 3.44. The van der Waals surface area contributed by atoms with Crippen molar-refractivity contribution in [2.75, 3.05) is 20.1 Å². The molecule has 2 saturated heterocycles. The third kappa shape index (κ3) is 3.60. The van der Waals surface area contributed by atoms with Gasteiger partial charge in [0.15, 0.2) is 11.5 Å². The SMILES string of the molecule is CN1CCC2CCC(C1)N2C(=O)c1ccc(C#CC(C)(C)O)o1. The predicted octanol–water partition coefficient (Wildman–Crippen LogP) is 1.71. The molecule has 3 heterocycles. The largest absolute Gasteiger partial charge is 0.443 e. The van der Waals surface area contributed by atoms with E-state index in [0.29, 0.717) is 17.6 Å². The molecule has 1 aromatic rings. The normalized spacial score (nSPS) is 25.0. The number of nitrogens with zero attached hydrogens (tertiary/aromatic N) is 2. The maximum atomic E-state index is 12.9. The van der Waals surface area contributed by atoms with Crippen LogP contribution in [0.15, 0.2) is 16.5 Å². The summed E-state index contributed by atoms with van der Waals surface area (Å²) in [5.41, 5.74) is -1.08. The molecule has 2 fully saturated rings. The molecule has 0 spiro atoms. The number of rotatable bonds is 1.